The highest BCUT2D eigenvalue weighted by Gasteiger charge is 2.25. The number of benzene rings is 8. The van der Waals surface area contributed by atoms with Gasteiger partial charge >= 0.3 is 0 Å². The van der Waals surface area contributed by atoms with Gasteiger partial charge in [-0.2, -0.15) is 0 Å². The van der Waals surface area contributed by atoms with E-state index in [2.05, 4.69) is 0 Å². The van der Waals surface area contributed by atoms with Crippen LogP contribution in [-0.2, 0) is 77.0 Å². The maximum Gasteiger partial charge on any atom is 0.200 e. The molecule has 0 saturated heterocycles. The minimum atomic E-state index is -0.584. The standard InChI is InChI=1S/2C36H42O10/c2*37-11-1-2-25(12-21-5-9-29(39)26(13-21)7-3-23-16-31(41)35(45)32(42)17-23)28(20-38)15-22-6-10-30(40)27(14-22)8-4-24-18-33(43)36(46)34(44)19-24/h2*5-6,9-10,13-14,16-19,25,28,37-46H,1-4,7-8,11-12,15,20H2/t2*25-,28+/m10/s1. The Bertz CT molecular complexity index is 3420. The lowest BCUT2D eigenvalue weighted by atomic mass is 9.80. The average molecular weight is 1270 g/mol. The molecule has 0 saturated carbocycles. The van der Waals surface area contributed by atoms with E-state index < -0.39 is 69.0 Å². The minimum absolute atomic E-state index is 0.00746. The molecule has 0 fully saturated rings. The Kier molecular flexibility index (Phi) is 25.0. The van der Waals surface area contributed by atoms with E-state index in [-0.39, 0.29) is 73.1 Å². The van der Waals surface area contributed by atoms with Crippen molar-refractivity contribution >= 4 is 0 Å². The third kappa shape index (κ3) is 19.2. The van der Waals surface area contributed by atoms with Crippen LogP contribution < -0.4 is 0 Å². The first-order valence-corrected chi connectivity index (χ1v) is 30.6. The van der Waals surface area contributed by atoms with Crippen molar-refractivity contribution in [1.82, 2.24) is 0 Å². The van der Waals surface area contributed by atoms with Gasteiger partial charge in [0.25, 0.3) is 0 Å². The van der Waals surface area contributed by atoms with Crippen molar-refractivity contribution in [3.8, 4) is 92.0 Å². The van der Waals surface area contributed by atoms with E-state index in [9.17, 15) is 102 Å². The number of aryl methyl sites for hydroxylation is 8. The van der Waals surface area contributed by atoms with Gasteiger partial charge in [0.1, 0.15) is 23.0 Å². The van der Waals surface area contributed by atoms with Crippen LogP contribution in [0.5, 0.6) is 92.0 Å². The van der Waals surface area contributed by atoms with Crippen LogP contribution in [0.25, 0.3) is 0 Å². The molecule has 4 atom stereocenters. The summed E-state index contributed by atoms with van der Waals surface area (Å²) in [6, 6.07) is 32.2. The minimum Gasteiger partial charge on any atom is -0.508 e. The van der Waals surface area contributed by atoms with Crippen molar-refractivity contribution in [3.63, 3.8) is 0 Å². The quantitative estimate of drug-likeness (QED) is 0.0186. The lowest BCUT2D eigenvalue weighted by molar-refractivity contribution is 0.158. The number of hydrogen-bond acceptors (Lipinski definition) is 20. The summed E-state index contributed by atoms with van der Waals surface area (Å²) in [6.45, 7) is -0.185. The number of rotatable bonds is 30. The van der Waals surface area contributed by atoms with Gasteiger partial charge in [-0.05, 0) is 266 Å². The van der Waals surface area contributed by atoms with Crippen molar-refractivity contribution < 1.29 is 102 Å². The Morgan fingerprint density at radius 1 is 0.217 bits per heavy atom. The summed E-state index contributed by atoms with van der Waals surface area (Å²) >= 11 is 0. The lowest BCUT2D eigenvalue weighted by Gasteiger charge is -2.26. The summed E-state index contributed by atoms with van der Waals surface area (Å²) in [7, 11) is 0. The summed E-state index contributed by atoms with van der Waals surface area (Å²) in [6.07, 6.45) is 7.79. The Balaban J connectivity index is 0.000000261. The number of phenols is 16. The zero-order chi connectivity index (χ0) is 66.8. The number of phenolic OH excluding ortho intramolecular Hbond substituents is 16. The zero-order valence-corrected chi connectivity index (χ0v) is 50.9. The molecule has 0 bridgehead atoms. The molecule has 0 radical (unpaired) electrons. The SMILES string of the molecule is OCCC[C@@H](Cc1ccc(O)c(CCc2cc(O)c(O)c(O)c2)c1)[C@@H](CO)Cc1ccc(O)c(CCc2cc(O)c(O)c(O)c2)c1.OCCC[C@H](Cc1ccc(O)c(CCc2cc(O)c(O)c(O)c2)c1)[C@H](CO)Cc1ccc(O)c(CCc2cc(O)c(O)c(O)c2)c1. The fourth-order valence-electron chi connectivity index (χ4n) is 11.9. The monoisotopic (exact) mass is 1270 g/mol. The molecule has 0 aliphatic rings. The molecule has 8 rings (SSSR count). The predicted molar refractivity (Wildman–Crippen MR) is 343 cm³/mol. The van der Waals surface area contributed by atoms with Gasteiger partial charge in [-0.15, -0.1) is 0 Å². The van der Waals surface area contributed by atoms with E-state index in [1.165, 1.54) is 48.5 Å². The molecule has 0 aromatic heterocycles. The first kappa shape index (κ1) is 69.9. The van der Waals surface area contributed by atoms with Gasteiger partial charge in [-0.3, -0.25) is 0 Å². The maximum absolute atomic E-state index is 10.5. The molecule has 0 amide bonds. The summed E-state index contributed by atoms with van der Waals surface area (Å²) in [5.41, 5.74) is 8.71. The second-order valence-electron chi connectivity index (χ2n) is 23.7. The Labute approximate surface area is 532 Å². The van der Waals surface area contributed by atoms with Gasteiger partial charge in [-0.25, -0.2) is 0 Å². The smallest absolute Gasteiger partial charge is 0.200 e. The van der Waals surface area contributed by atoms with Crippen LogP contribution in [0.4, 0.5) is 0 Å². The van der Waals surface area contributed by atoms with Gasteiger partial charge < -0.3 is 102 Å². The molecule has 492 valence electrons. The predicted octanol–water partition coefficient (Wildman–Crippen LogP) is 9.37. The third-order valence-corrected chi connectivity index (χ3v) is 17.1. The van der Waals surface area contributed by atoms with Crippen LogP contribution >= 0.6 is 0 Å². The fourth-order valence-corrected chi connectivity index (χ4v) is 11.9. The molecule has 20 nitrogen and oxygen atoms in total. The van der Waals surface area contributed by atoms with E-state index in [1.54, 1.807) is 36.4 Å². The van der Waals surface area contributed by atoms with Crippen molar-refractivity contribution in [2.75, 3.05) is 26.4 Å². The molecule has 20 N–H and O–H groups in total. The molecule has 0 unspecified atom stereocenters. The average Bonchev–Trinajstić information content (AvgIpc) is 1.12. The molecular weight excluding hydrogens is 1180 g/mol. The van der Waals surface area contributed by atoms with Gasteiger partial charge in [0, 0.05) is 26.4 Å². The summed E-state index contributed by atoms with van der Waals surface area (Å²) in [5, 5.41) is 199. The van der Waals surface area contributed by atoms with Crippen molar-refractivity contribution in [2.45, 2.75) is 103 Å². The second kappa shape index (κ2) is 32.9. The number of aliphatic hydroxyl groups is 4. The normalized spacial score (nSPS) is 12.7. The van der Waals surface area contributed by atoms with Crippen molar-refractivity contribution in [3.05, 3.63) is 188 Å². The van der Waals surface area contributed by atoms with Gasteiger partial charge in [0.15, 0.2) is 69.0 Å². The summed E-state index contributed by atoms with van der Waals surface area (Å²) in [5.74, 6) is -5.68. The number of aromatic hydroxyl groups is 16. The highest BCUT2D eigenvalue weighted by Crippen LogP contribution is 2.41. The number of hydrogen-bond donors (Lipinski definition) is 20. The Morgan fingerprint density at radius 2 is 0.424 bits per heavy atom. The highest BCUT2D eigenvalue weighted by atomic mass is 16.3. The van der Waals surface area contributed by atoms with Crippen LogP contribution in [0.3, 0.4) is 0 Å². The molecule has 0 aliphatic heterocycles. The van der Waals surface area contributed by atoms with E-state index in [0.717, 1.165) is 22.3 Å². The molecular formula is C72H84O20. The summed E-state index contributed by atoms with van der Waals surface area (Å²) in [4.78, 5) is 0. The molecule has 8 aromatic rings. The molecule has 0 heterocycles. The molecule has 0 aliphatic carbocycles. The second-order valence-corrected chi connectivity index (χ2v) is 23.7. The van der Waals surface area contributed by atoms with Crippen molar-refractivity contribution in [1.29, 1.82) is 0 Å². The topological polar surface area (TPSA) is 405 Å². The highest BCUT2D eigenvalue weighted by molar-refractivity contribution is 5.54. The molecule has 92 heavy (non-hydrogen) atoms. The van der Waals surface area contributed by atoms with Gasteiger partial charge in [-0.1, -0.05) is 48.5 Å². The molecule has 8 aromatic carbocycles. The van der Waals surface area contributed by atoms with Crippen LogP contribution in [0.2, 0.25) is 0 Å². The zero-order valence-electron chi connectivity index (χ0n) is 50.9. The van der Waals surface area contributed by atoms with Crippen LogP contribution in [0.1, 0.15) is 92.4 Å². The van der Waals surface area contributed by atoms with E-state index in [1.807, 2.05) is 36.4 Å². The van der Waals surface area contributed by atoms with E-state index in [4.69, 9.17) is 0 Å². The summed E-state index contributed by atoms with van der Waals surface area (Å²) < 4.78 is 0. The molecule has 20 heteroatoms. The van der Waals surface area contributed by atoms with Crippen molar-refractivity contribution in [2.24, 2.45) is 23.7 Å². The van der Waals surface area contributed by atoms with Gasteiger partial charge in [0.05, 0.1) is 0 Å². The molecule has 0 spiro atoms. The third-order valence-electron chi connectivity index (χ3n) is 17.1. The first-order chi connectivity index (χ1) is 44.0. The van der Waals surface area contributed by atoms with Crippen LogP contribution in [0.15, 0.2) is 121 Å². The van der Waals surface area contributed by atoms with Gasteiger partial charge in [0.2, 0.25) is 0 Å². The maximum atomic E-state index is 10.5. The van der Waals surface area contributed by atoms with Crippen LogP contribution in [0, 0.1) is 23.7 Å². The lowest BCUT2D eigenvalue weighted by Crippen LogP contribution is -2.24. The Hall–Kier alpha value is -9.60. The van der Waals surface area contributed by atoms with E-state index >= 15 is 0 Å². The first-order valence-electron chi connectivity index (χ1n) is 30.6. The van der Waals surface area contributed by atoms with E-state index in [0.29, 0.717) is 147 Å². The van der Waals surface area contributed by atoms with Crippen LogP contribution in [-0.4, -0.2) is 129 Å². The Morgan fingerprint density at radius 3 is 0.620 bits per heavy atom. The number of aliphatic hydroxyl groups excluding tert-OH is 4. The fraction of sp³-hybridized carbons (Fsp3) is 0.333. The largest absolute Gasteiger partial charge is 0.508 e.